The molecule has 3 heterocycles. The Morgan fingerprint density at radius 1 is 1.19 bits per heavy atom. The summed E-state index contributed by atoms with van der Waals surface area (Å²) in [5, 5.41) is 8.02. The van der Waals surface area contributed by atoms with Crippen molar-refractivity contribution in [3.63, 3.8) is 0 Å². The molecule has 1 atom stereocenters. The first kappa shape index (κ1) is 23.9. The summed E-state index contributed by atoms with van der Waals surface area (Å²) in [6.07, 6.45) is 0.406. The minimum atomic E-state index is -3.18. The standard InChI is InChI=1S/C26H25FN4O4S/c1-16-24-21(26(32)28-14-17-7-9-19(35-2)10-8-17)13-23(20-5-3-4-6-22(20)27)29-25(24)31(30-16)18-11-12-36(33,34)15-18/h3-10,13,18H,11-12,14-15H2,1-2H3,(H,28,32). The maximum Gasteiger partial charge on any atom is 0.252 e. The number of amides is 1. The molecule has 1 unspecified atom stereocenters. The quantitative estimate of drug-likeness (QED) is 0.425. The number of ether oxygens (including phenoxy) is 1. The van der Waals surface area contributed by atoms with Gasteiger partial charge in [-0.15, -0.1) is 0 Å². The Morgan fingerprint density at radius 3 is 2.61 bits per heavy atom. The number of methoxy groups -OCH3 is 1. The zero-order valence-electron chi connectivity index (χ0n) is 19.9. The number of benzene rings is 2. The molecule has 1 N–H and O–H groups in total. The van der Waals surface area contributed by atoms with Crippen LogP contribution < -0.4 is 10.1 Å². The van der Waals surface area contributed by atoms with Crippen LogP contribution in [0.1, 0.15) is 34.1 Å². The van der Waals surface area contributed by atoms with Crippen LogP contribution in [0.4, 0.5) is 4.39 Å². The number of carbonyl (C=O) groups excluding carboxylic acids is 1. The molecule has 4 aromatic rings. The maximum atomic E-state index is 14.7. The van der Waals surface area contributed by atoms with Gasteiger partial charge in [-0.25, -0.2) is 22.5 Å². The van der Waals surface area contributed by atoms with Crippen LogP contribution in [0.3, 0.4) is 0 Å². The van der Waals surface area contributed by atoms with Gasteiger partial charge < -0.3 is 10.1 Å². The van der Waals surface area contributed by atoms with Gasteiger partial charge in [-0.2, -0.15) is 5.10 Å². The predicted molar refractivity (Wildman–Crippen MR) is 134 cm³/mol. The highest BCUT2D eigenvalue weighted by Gasteiger charge is 2.32. The van der Waals surface area contributed by atoms with Gasteiger partial charge >= 0.3 is 0 Å². The van der Waals surface area contributed by atoms with Crippen LogP contribution in [-0.4, -0.2) is 47.7 Å². The van der Waals surface area contributed by atoms with Crippen molar-refractivity contribution in [1.82, 2.24) is 20.1 Å². The van der Waals surface area contributed by atoms with E-state index in [0.717, 1.165) is 5.56 Å². The van der Waals surface area contributed by atoms with E-state index >= 15 is 0 Å². The molecule has 10 heteroatoms. The second kappa shape index (κ2) is 9.34. The lowest BCUT2D eigenvalue weighted by Gasteiger charge is -2.13. The molecule has 1 amide bonds. The van der Waals surface area contributed by atoms with E-state index in [4.69, 9.17) is 4.74 Å². The Morgan fingerprint density at radius 2 is 1.94 bits per heavy atom. The fourth-order valence-corrected chi connectivity index (χ4v) is 6.23. The van der Waals surface area contributed by atoms with Gasteiger partial charge in [0.05, 0.1) is 47.0 Å². The van der Waals surface area contributed by atoms with Gasteiger partial charge in [-0.1, -0.05) is 24.3 Å². The number of nitrogens with zero attached hydrogens (tertiary/aromatic N) is 3. The maximum absolute atomic E-state index is 14.7. The minimum absolute atomic E-state index is 0.0478. The van der Waals surface area contributed by atoms with Gasteiger partial charge in [-0.05, 0) is 49.2 Å². The highest BCUT2D eigenvalue weighted by molar-refractivity contribution is 7.91. The van der Waals surface area contributed by atoms with Crippen LogP contribution in [0.15, 0.2) is 54.6 Å². The van der Waals surface area contributed by atoms with Crippen molar-refractivity contribution in [2.75, 3.05) is 18.6 Å². The predicted octanol–water partition coefficient (Wildman–Crippen LogP) is 3.84. The molecule has 2 aromatic heterocycles. The van der Waals surface area contributed by atoms with Crippen LogP contribution in [-0.2, 0) is 16.4 Å². The SMILES string of the molecule is COc1ccc(CNC(=O)c2cc(-c3ccccc3F)nc3c2c(C)nn3C2CCS(=O)(=O)C2)cc1. The smallest absolute Gasteiger partial charge is 0.252 e. The summed E-state index contributed by atoms with van der Waals surface area (Å²) in [4.78, 5) is 18.1. The summed E-state index contributed by atoms with van der Waals surface area (Å²) in [5.74, 6) is -0.0984. The van der Waals surface area contributed by atoms with Crippen LogP contribution in [0.5, 0.6) is 5.75 Å². The monoisotopic (exact) mass is 508 g/mol. The lowest BCUT2D eigenvalue weighted by molar-refractivity contribution is 0.0952. The van der Waals surface area contributed by atoms with E-state index in [1.165, 1.54) is 6.07 Å². The highest BCUT2D eigenvalue weighted by atomic mass is 32.2. The first-order chi connectivity index (χ1) is 17.3. The number of pyridine rings is 1. The number of carbonyl (C=O) groups is 1. The molecule has 1 fully saturated rings. The van der Waals surface area contributed by atoms with Crippen molar-refractivity contribution in [3.8, 4) is 17.0 Å². The molecular formula is C26H25FN4O4S. The number of hydrogen-bond acceptors (Lipinski definition) is 6. The molecule has 2 aromatic carbocycles. The van der Waals surface area contributed by atoms with E-state index in [1.807, 2.05) is 24.3 Å². The molecule has 186 valence electrons. The van der Waals surface area contributed by atoms with Crippen molar-refractivity contribution in [1.29, 1.82) is 0 Å². The third-order valence-corrected chi connectivity index (χ3v) is 8.15. The summed E-state index contributed by atoms with van der Waals surface area (Å²) >= 11 is 0. The van der Waals surface area contributed by atoms with E-state index in [0.29, 0.717) is 34.5 Å². The first-order valence-electron chi connectivity index (χ1n) is 11.5. The molecule has 1 aliphatic heterocycles. The third-order valence-electron chi connectivity index (χ3n) is 6.40. The average Bonchev–Trinajstić information content (AvgIpc) is 3.41. The molecule has 0 spiro atoms. The van der Waals surface area contributed by atoms with E-state index in [2.05, 4.69) is 15.4 Å². The van der Waals surface area contributed by atoms with E-state index in [-0.39, 0.29) is 35.2 Å². The number of aromatic nitrogens is 3. The Balaban J connectivity index is 1.59. The van der Waals surface area contributed by atoms with Gasteiger partial charge in [0, 0.05) is 12.1 Å². The lowest BCUT2D eigenvalue weighted by atomic mass is 10.0. The summed E-state index contributed by atoms with van der Waals surface area (Å²) < 4.78 is 45.7. The number of sulfone groups is 1. The van der Waals surface area contributed by atoms with Crippen molar-refractivity contribution in [2.45, 2.75) is 25.9 Å². The molecule has 0 aliphatic carbocycles. The molecule has 8 nitrogen and oxygen atoms in total. The summed E-state index contributed by atoms with van der Waals surface area (Å²) in [5.41, 5.74) is 2.62. The van der Waals surface area contributed by atoms with Gasteiger partial charge in [-0.3, -0.25) is 4.79 Å². The Kier molecular flexibility index (Phi) is 6.21. The number of rotatable bonds is 6. The van der Waals surface area contributed by atoms with E-state index in [1.54, 1.807) is 43.0 Å². The number of halogens is 1. The summed E-state index contributed by atoms with van der Waals surface area (Å²) in [6.45, 7) is 2.03. The average molecular weight is 509 g/mol. The minimum Gasteiger partial charge on any atom is -0.497 e. The molecular weight excluding hydrogens is 483 g/mol. The fraction of sp³-hybridized carbons (Fsp3) is 0.269. The zero-order chi connectivity index (χ0) is 25.4. The van der Waals surface area contributed by atoms with Crippen molar-refractivity contribution < 1.29 is 22.3 Å². The van der Waals surface area contributed by atoms with E-state index < -0.39 is 21.7 Å². The largest absolute Gasteiger partial charge is 0.497 e. The third kappa shape index (κ3) is 4.56. The fourth-order valence-electron chi connectivity index (χ4n) is 4.54. The molecule has 36 heavy (non-hydrogen) atoms. The number of hydrogen-bond donors (Lipinski definition) is 1. The van der Waals surface area contributed by atoms with Crippen LogP contribution >= 0.6 is 0 Å². The van der Waals surface area contributed by atoms with Gasteiger partial charge in [0.15, 0.2) is 15.5 Å². The molecule has 5 rings (SSSR count). The first-order valence-corrected chi connectivity index (χ1v) is 13.3. The van der Waals surface area contributed by atoms with E-state index in [9.17, 15) is 17.6 Å². The molecule has 0 bridgehead atoms. The normalized spacial score (nSPS) is 16.8. The van der Waals surface area contributed by atoms with Crippen molar-refractivity contribution in [2.24, 2.45) is 0 Å². The lowest BCUT2D eigenvalue weighted by Crippen LogP contribution is -2.23. The molecule has 0 radical (unpaired) electrons. The van der Waals surface area contributed by atoms with Crippen LogP contribution in [0.25, 0.3) is 22.3 Å². The molecule has 1 saturated heterocycles. The Bertz CT molecular complexity index is 1570. The Hall–Kier alpha value is -3.79. The number of aryl methyl sites for hydroxylation is 1. The topological polar surface area (TPSA) is 103 Å². The van der Waals surface area contributed by atoms with Crippen LogP contribution in [0.2, 0.25) is 0 Å². The van der Waals surface area contributed by atoms with Gasteiger partial charge in [0.25, 0.3) is 5.91 Å². The van der Waals surface area contributed by atoms with Crippen molar-refractivity contribution >= 4 is 26.8 Å². The summed E-state index contributed by atoms with van der Waals surface area (Å²) in [7, 11) is -1.59. The molecule has 1 aliphatic rings. The highest BCUT2D eigenvalue weighted by Crippen LogP contribution is 2.32. The zero-order valence-corrected chi connectivity index (χ0v) is 20.7. The molecule has 0 saturated carbocycles. The van der Waals surface area contributed by atoms with Crippen molar-refractivity contribution in [3.05, 3.63) is 77.2 Å². The second-order valence-electron chi connectivity index (χ2n) is 8.85. The van der Waals surface area contributed by atoms with Gasteiger partial charge in [0.2, 0.25) is 0 Å². The Labute approximate surface area is 208 Å². The number of nitrogens with one attached hydrogen (secondary N) is 1. The summed E-state index contributed by atoms with van der Waals surface area (Å²) in [6, 6.07) is 14.7. The van der Waals surface area contributed by atoms with Gasteiger partial charge in [0.1, 0.15) is 11.6 Å². The second-order valence-corrected chi connectivity index (χ2v) is 11.1. The number of fused-ring (bicyclic) bond motifs is 1. The van der Waals surface area contributed by atoms with Crippen LogP contribution in [0, 0.1) is 12.7 Å².